The second-order valence-electron chi connectivity index (χ2n) is 5.72. The summed E-state index contributed by atoms with van der Waals surface area (Å²) in [6.45, 7) is 7.38. The third kappa shape index (κ3) is 4.78. The topological polar surface area (TPSA) is 63.2 Å². The molecule has 0 radical (unpaired) electrons. The van der Waals surface area contributed by atoms with Crippen molar-refractivity contribution in [2.75, 3.05) is 0 Å². The van der Waals surface area contributed by atoms with Crippen LogP contribution < -0.4 is 4.72 Å². The zero-order valence-corrected chi connectivity index (χ0v) is 15.7. The Morgan fingerprint density at radius 3 is 2.40 bits per heavy atom. The van der Waals surface area contributed by atoms with Gasteiger partial charge >= 0.3 is 0 Å². The lowest BCUT2D eigenvalue weighted by atomic mass is 9.97. The van der Waals surface area contributed by atoms with Gasteiger partial charge in [-0.15, -0.1) is 0 Å². The monoisotopic (exact) mass is 377 g/mol. The molecule has 0 saturated carbocycles. The van der Waals surface area contributed by atoms with Crippen molar-refractivity contribution < 1.29 is 13.2 Å². The molecular formula is C19H20ClNO3S. The molecule has 2 aromatic carbocycles. The predicted molar refractivity (Wildman–Crippen MR) is 100 cm³/mol. The number of hydrogen-bond donors (Lipinski definition) is 1. The van der Waals surface area contributed by atoms with E-state index in [1.807, 2.05) is 6.92 Å². The van der Waals surface area contributed by atoms with E-state index in [0.29, 0.717) is 10.6 Å². The molecule has 0 aliphatic heterocycles. The van der Waals surface area contributed by atoms with Gasteiger partial charge in [0.25, 0.3) is 0 Å². The lowest BCUT2D eigenvalue weighted by Crippen LogP contribution is -2.31. The van der Waals surface area contributed by atoms with Crippen molar-refractivity contribution in [2.24, 2.45) is 0 Å². The Labute approximate surface area is 153 Å². The molecule has 0 aliphatic rings. The van der Waals surface area contributed by atoms with Crippen LogP contribution in [0.5, 0.6) is 0 Å². The van der Waals surface area contributed by atoms with E-state index in [-0.39, 0.29) is 22.7 Å². The normalized spacial score (nSPS) is 12.6. The standard InChI is InChI=1S/C19H20ClNO3S/c1-4-18(22)14(3)19(15-6-5-7-16(20)12-15)21-25(23,24)17-10-8-13(2)9-11-17/h5-12,19,21H,3-4H2,1-2H3/t19-/m0/s1. The first-order chi connectivity index (χ1) is 11.7. The Morgan fingerprint density at radius 2 is 1.84 bits per heavy atom. The second-order valence-corrected chi connectivity index (χ2v) is 7.87. The summed E-state index contributed by atoms with van der Waals surface area (Å²) < 4.78 is 28.0. The molecule has 132 valence electrons. The van der Waals surface area contributed by atoms with Gasteiger partial charge in [0.15, 0.2) is 5.78 Å². The molecule has 0 unspecified atom stereocenters. The maximum absolute atomic E-state index is 12.7. The lowest BCUT2D eigenvalue weighted by molar-refractivity contribution is -0.115. The van der Waals surface area contributed by atoms with Crippen LogP contribution in [0.2, 0.25) is 5.02 Å². The quantitative estimate of drug-likeness (QED) is 0.735. The van der Waals surface area contributed by atoms with Gasteiger partial charge in [0.1, 0.15) is 0 Å². The molecule has 2 aromatic rings. The Kier molecular flexibility index (Phi) is 6.16. The minimum atomic E-state index is -3.83. The van der Waals surface area contributed by atoms with Gasteiger partial charge in [0.05, 0.1) is 10.9 Å². The zero-order valence-electron chi connectivity index (χ0n) is 14.1. The Bertz CT molecular complexity index is 889. The van der Waals surface area contributed by atoms with Crippen molar-refractivity contribution in [1.82, 2.24) is 4.72 Å². The average Bonchev–Trinajstić information content (AvgIpc) is 2.58. The fourth-order valence-electron chi connectivity index (χ4n) is 2.36. The van der Waals surface area contributed by atoms with E-state index in [9.17, 15) is 13.2 Å². The highest BCUT2D eigenvalue weighted by atomic mass is 35.5. The molecule has 0 aromatic heterocycles. The summed E-state index contributed by atoms with van der Waals surface area (Å²) in [4.78, 5) is 12.2. The number of ketones is 1. The van der Waals surface area contributed by atoms with Crippen LogP contribution in [0.25, 0.3) is 0 Å². The van der Waals surface area contributed by atoms with Gasteiger partial charge in [-0.3, -0.25) is 4.79 Å². The average molecular weight is 378 g/mol. The van der Waals surface area contributed by atoms with Crippen molar-refractivity contribution in [2.45, 2.75) is 31.2 Å². The molecule has 0 saturated heterocycles. The molecule has 0 spiro atoms. The maximum Gasteiger partial charge on any atom is 0.241 e. The molecule has 2 rings (SSSR count). The van der Waals surface area contributed by atoms with Gasteiger partial charge in [-0.05, 0) is 36.8 Å². The van der Waals surface area contributed by atoms with Crippen LogP contribution in [0.4, 0.5) is 0 Å². The Hall–Kier alpha value is -1.95. The summed E-state index contributed by atoms with van der Waals surface area (Å²) in [5.41, 5.74) is 1.70. The number of carbonyl (C=O) groups is 1. The smallest absolute Gasteiger partial charge is 0.241 e. The highest BCUT2D eigenvalue weighted by Gasteiger charge is 2.26. The number of nitrogens with one attached hydrogen (secondary N) is 1. The van der Waals surface area contributed by atoms with Gasteiger partial charge in [0.2, 0.25) is 10.0 Å². The number of aryl methyl sites for hydroxylation is 1. The molecule has 1 N–H and O–H groups in total. The van der Waals surface area contributed by atoms with Crippen LogP contribution in [0.3, 0.4) is 0 Å². The van der Waals surface area contributed by atoms with E-state index in [1.54, 1.807) is 43.3 Å². The molecule has 6 heteroatoms. The first-order valence-electron chi connectivity index (χ1n) is 7.81. The summed E-state index contributed by atoms with van der Waals surface area (Å²) in [5.74, 6) is -0.211. The first kappa shape index (κ1) is 19.4. The summed E-state index contributed by atoms with van der Waals surface area (Å²) in [6, 6.07) is 12.3. The fourth-order valence-corrected chi connectivity index (χ4v) is 3.77. The molecule has 1 atom stereocenters. The van der Waals surface area contributed by atoms with Crippen molar-refractivity contribution in [1.29, 1.82) is 0 Å². The highest BCUT2D eigenvalue weighted by molar-refractivity contribution is 7.89. The molecule has 0 aliphatic carbocycles. The van der Waals surface area contributed by atoms with Crippen molar-refractivity contribution in [3.05, 3.63) is 76.8 Å². The van der Waals surface area contributed by atoms with Gasteiger partial charge in [-0.2, -0.15) is 4.72 Å². The van der Waals surface area contributed by atoms with Crippen LogP contribution in [-0.4, -0.2) is 14.2 Å². The van der Waals surface area contributed by atoms with Gasteiger partial charge < -0.3 is 0 Å². The number of Topliss-reactive ketones (excluding diaryl/α,β-unsaturated/α-hetero) is 1. The van der Waals surface area contributed by atoms with Crippen LogP contribution >= 0.6 is 11.6 Å². The van der Waals surface area contributed by atoms with Crippen molar-refractivity contribution >= 4 is 27.4 Å². The maximum atomic E-state index is 12.7. The number of benzene rings is 2. The highest BCUT2D eigenvalue weighted by Crippen LogP contribution is 2.27. The van der Waals surface area contributed by atoms with E-state index in [2.05, 4.69) is 11.3 Å². The molecule has 0 amide bonds. The third-order valence-corrected chi connectivity index (χ3v) is 5.49. The summed E-state index contributed by atoms with van der Waals surface area (Å²) in [6.07, 6.45) is 0.238. The largest absolute Gasteiger partial charge is 0.295 e. The summed E-state index contributed by atoms with van der Waals surface area (Å²) in [5, 5.41) is 0.453. The Balaban J connectivity index is 2.43. The molecule has 4 nitrogen and oxygen atoms in total. The minimum absolute atomic E-state index is 0.127. The van der Waals surface area contributed by atoms with Crippen molar-refractivity contribution in [3.8, 4) is 0 Å². The minimum Gasteiger partial charge on any atom is -0.295 e. The lowest BCUT2D eigenvalue weighted by Gasteiger charge is -2.21. The molecule has 0 fully saturated rings. The van der Waals surface area contributed by atoms with Crippen LogP contribution in [-0.2, 0) is 14.8 Å². The van der Waals surface area contributed by atoms with Gasteiger partial charge in [-0.1, -0.05) is 54.9 Å². The van der Waals surface area contributed by atoms with E-state index in [0.717, 1.165) is 5.56 Å². The Morgan fingerprint density at radius 1 is 1.20 bits per heavy atom. The number of rotatable bonds is 7. The summed E-state index contributed by atoms with van der Waals surface area (Å²) >= 11 is 6.02. The SMILES string of the molecule is C=C(C(=O)CC)[C@H](NS(=O)(=O)c1ccc(C)cc1)c1cccc(Cl)c1. The van der Waals surface area contributed by atoms with Crippen LogP contribution in [0.15, 0.2) is 65.6 Å². The van der Waals surface area contributed by atoms with Crippen LogP contribution in [0, 0.1) is 6.92 Å². The molecule has 0 heterocycles. The van der Waals surface area contributed by atoms with E-state index < -0.39 is 16.1 Å². The third-order valence-electron chi connectivity index (χ3n) is 3.81. The summed E-state index contributed by atoms with van der Waals surface area (Å²) in [7, 11) is -3.83. The number of hydrogen-bond acceptors (Lipinski definition) is 3. The van der Waals surface area contributed by atoms with E-state index in [4.69, 9.17) is 11.6 Å². The molecule has 25 heavy (non-hydrogen) atoms. The van der Waals surface area contributed by atoms with Gasteiger partial charge in [0, 0.05) is 17.0 Å². The zero-order chi connectivity index (χ0) is 18.6. The van der Waals surface area contributed by atoms with E-state index in [1.165, 1.54) is 12.1 Å². The molecule has 0 bridgehead atoms. The predicted octanol–water partition coefficient (Wildman–Crippen LogP) is 4.20. The molecular weight excluding hydrogens is 358 g/mol. The fraction of sp³-hybridized carbons (Fsp3) is 0.211. The van der Waals surface area contributed by atoms with Crippen molar-refractivity contribution in [3.63, 3.8) is 0 Å². The number of sulfonamides is 1. The number of carbonyl (C=O) groups excluding carboxylic acids is 1. The first-order valence-corrected chi connectivity index (χ1v) is 9.67. The van der Waals surface area contributed by atoms with Gasteiger partial charge in [-0.25, -0.2) is 8.42 Å². The second kappa shape index (κ2) is 7.95. The van der Waals surface area contributed by atoms with Crippen LogP contribution in [0.1, 0.15) is 30.5 Å². The number of halogens is 1. The van der Waals surface area contributed by atoms with E-state index >= 15 is 0 Å².